The van der Waals surface area contributed by atoms with Crippen molar-refractivity contribution in [3.05, 3.63) is 50.4 Å². The van der Waals surface area contributed by atoms with Crippen LogP contribution in [0.3, 0.4) is 0 Å². The third-order valence-electron chi connectivity index (χ3n) is 4.50. The second-order valence-corrected chi connectivity index (χ2v) is 7.53. The molecule has 0 radical (unpaired) electrons. The van der Waals surface area contributed by atoms with Gasteiger partial charge in [-0.25, -0.2) is 4.98 Å². The number of carbonyl (C=O) groups excluding carboxylic acids is 1. The number of anilines is 1. The van der Waals surface area contributed by atoms with Crippen molar-refractivity contribution >= 4 is 35.0 Å². The van der Waals surface area contributed by atoms with E-state index in [4.69, 9.17) is 11.6 Å². The van der Waals surface area contributed by atoms with Crippen LogP contribution in [0.25, 0.3) is 0 Å². The van der Waals surface area contributed by atoms with Gasteiger partial charge >= 0.3 is 0 Å². The van der Waals surface area contributed by atoms with Gasteiger partial charge in [0.1, 0.15) is 0 Å². The third kappa shape index (κ3) is 3.46. The van der Waals surface area contributed by atoms with Crippen LogP contribution >= 0.6 is 23.4 Å². The number of rotatable bonds is 3. The van der Waals surface area contributed by atoms with Crippen LogP contribution in [-0.4, -0.2) is 21.2 Å². The Balaban J connectivity index is 1.84. The summed E-state index contributed by atoms with van der Waals surface area (Å²) in [5.74, 6) is 0.208. The maximum Gasteiger partial charge on any atom is 0.257 e. The van der Waals surface area contributed by atoms with E-state index in [1.165, 1.54) is 11.8 Å². The van der Waals surface area contributed by atoms with Gasteiger partial charge < -0.3 is 5.32 Å². The highest BCUT2D eigenvalue weighted by atomic mass is 35.5. The highest BCUT2D eigenvalue weighted by Gasteiger charge is 2.28. The van der Waals surface area contributed by atoms with Crippen LogP contribution < -0.4 is 10.9 Å². The van der Waals surface area contributed by atoms with Crippen molar-refractivity contribution in [1.29, 1.82) is 0 Å². The zero-order chi connectivity index (χ0) is 18.1. The molecule has 2 aromatic rings. The SMILES string of the molecule is CCc1c(C)nc2n(c1=O)CC(C(=O)Nc1cccc(Cl)c1C)CS2. The molecule has 1 aromatic carbocycles. The van der Waals surface area contributed by atoms with E-state index in [-0.39, 0.29) is 17.4 Å². The molecule has 1 unspecified atom stereocenters. The number of fused-ring (bicyclic) bond motifs is 1. The smallest absolute Gasteiger partial charge is 0.257 e. The molecule has 2 heterocycles. The minimum atomic E-state index is -0.289. The molecule has 1 aliphatic heterocycles. The topological polar surface area (TPSA) is 64.0 Å². The van der Waals surface area contributed by atoms with E-state index in [0.29, 0.717) is 34.6 Å². The van der Waals surface area contributed by atoms with Crippen LogP contribution in [-0.2, 0) is 17.8 Å². The first kappa shape index (κ1) is 18.0. The fourth-order valence-electron chi connectivity index (χ4n) is 2.94. The molecule has 1 amide bonds. The number of aryl methyl sites for hydroxylation is 1. The Kier molecular flexibility index (Phi) is 5.20. The van der Waals surface area contributed by atoms with Crippen LogP contribution in [0.5, 0.6) is 0 Å². The molecular formula is C18H20ClN3O2S. The molecule has 0 spiro atoms. The number of hydrogen-bond acceptors (Lipinski definition) is 4. The van der Waals surface area contributed by atoms with Gasteiger partial charge in [0.05, 0.1) is 5.92 Å². The Morgan fingerprint density at radius 2 is 2.20 bits per heavy atom. The summed E-state index contributed by atoms with van der Waals surface area (Å²) in [5, 5.41) is 4.25. The summed E-state index contributed by atoms with van der Waals surface area (Å²) in [4.78, 5) is 29.8. The predicted octanol–water partition coefficient (Wildman–Crippen LogP) is 3.44. The van der Waals surface area contributed by atoms with Crippen molar-refractivity contribution in [3.8, 4) is 0 Å². The second-order valence-electron chi connectivity index (χ2n) is 6.14. The molecule has 3 rings (SSSR count). The number of amides is 1. The molecule has 5 nitrogen and oxygen atoms in total. The van der Waals surface area contributed by atoms with E-state index in [1.807, 2.05) is 26.8 Å². The normalized spacial score (nSPS) is 16.4. The summed E-state index contributed by atoms with van der Waals surface area (Å²) in [5.41, 5.74) is 3.01. The molecule has 0 saturated heterocycles. The van der Waals surface area contributed by atoms with Crippen molar-refractivity contribution in [3.63, 3.8) is 0 Å². The first-order chi connectivity index (χ1) is 11.9. The summed E-state index contributed by atoms with van der Waals surface area (Å²) in [6.07, 6.45) is 0.640. The summed E-state index contributed by atoms with van der Waals surface area (Å²) < 4.78 is 1.63. The van der Waals surface area contributed by atoms with Gasteiger partial charge in [-0.15, -0.1) is 0 Å². The van der Waals surface area contributed by atoms with Gasteiger partial charge in [-0.2, -0.15) is 0 Å². The molecule has 1 atom stereocenters. The molecule has 7 heteroatoms. The minimum absolute atomic E-state index is 0.0334. The molecule has 132 valence electrons. The monoisotopic (exact) mass is 377 g/mol. The molecule has 0 saturated carbocycles. The number of halogens is 1. The molecule has 1 aromatic heterocycles. The van der Waals surface area contributed by atoms with Crippen LogP contribution in [0.1, 0.15) is 23.7 Å². The number of aromatic nitrogens is 2. The lowest BCUT2D eigenvalue weighted by Gasteiger charge is -2.25. The molecule has 1 aliphatic rings. The average molecular weight is 378 g/mol. The van der Waals surface area contributed by atoms with Crippen molar-refractivity contribution < 1.29 is 4.79 Å². The third-order valence-corrected chi connectivity index (χ3v) is 6.05. The lowest BCUT2D eigenvalue weighted by molar-refractivity contribution is -0.119. The van der Waals surface area contributed by atoms with Crippen molar-refractivity contribution in [2.75, 3.05) is 11.1 Å². The van der Waals surface area contributed by atoms with Gasteiger partial charge in [0.15, 0.2) is 5.16 Å². The molecule has 0 fully saturated rings. The molecular weight excluding hydrogens is 358 g/mol. The highest BCUT2D eigenvalue weighted by Crippen LogP contribution is 2.28. The summed E-state index contributed by atoms with van der Waals surface area (Å²) in [6, 6.07) is 5.43. The van der Waals surface area contributed by atoms with E-state index in [1.54, 1.807) is 16.7 Å². The zero-order valence-corrected chi connectivity index (χ0v) is 16.0. The molecule has 1 N–H and O–H groups in total. The summed E-state index contributed by atoms with van der Waals surface area (Å²) in [6.45, 7) is 6.03. The molecule has 0 aliphatic carbocycles. The number of hydrogen-bond donors (Lipinski definition) is 1. The number of nitrogens with one attached hydrogen (secondary N) is 1. The van der Waals surface area contributed by atoms with E-state index in [9.17, 15) is 9.59 Å². The maximum atomic E-state index is 12.7. The number of nitrogens with zero attached hydrogens (tertiary/aromatic N) is 2. The van der Waals surface area contributed by atoms with E-state index in [0.717, 1.165) is 16.8 Å². The van der Waals surface area contributed by atoms with E-state index < -0.39 is 0 Å². The van der Waals surface area contributed by atoms with Gasteiger partial charge in [-0.3, -0.25) is 14.2 Å². The number of thioether (sulfide) groups is 1. The fourth-order valence-corrected chi connectivity index (χ4v) is 4.23. The van der Waals surface area contributed by atoms with Gasteiger partial charge in [0, 0.05) is 34.3 Å². The largest absolute Gasteiger partial charge is 0.325 e. The second kappa shape index (κ2) is 7.22. The van der Waals surface area contributed by atoms with Crippen molar-refractivity contribution in [2.45, 2.75) is 38.9 Å². The van der Waals surface area contributed by atoms with Gasteiger partial charge in [0.25, 0.3) is 5.56 Å². The molecule has 25 heavy (non-hydrogen) atoms. The van der Waals surface area contributed by atoms with Gasteiger partial charge in [0.2, 0.25) is 5.91 Å². The first-order valence-corrected chi connectivity index (χ1v) is 9.57. The minimum Gasteiger partial charge on any atom is -0.325 e. The van der Waals surface area contributed by atoms with Gasteiger partial charge in [-0.05, 0) is 38.0 Å². The standard InChI is InChI=1S/C18H20ClN3O2S/c1-4-13-11(3)20-18-22(17(13)24)8-12(9-25-18)16(23)21-15-7-5-6-14(19)10(15)2/h5-7,12H,4,8-9H2,1-3H3,(H,21,23). The van der Waals surface area contributed by atoms with Crippen LogP contribution in [0.2, 0.25) is 5.02 Å². The maximum absolute atomic E-state index is 12.7. The lowest BCUT2D eigenvalue weighted by Crippen LogP contribution is -2.38. The Hall–Kier alpha value is -1.79. The highest BCUT2D eigenvalue weighted by molar-refractivity contribution is 7.99. The molecule has 0 bridgehead atoms. The van der Waals surface area contributed by atoms with E-state index in [2.05, 4.69) is 10.3 Å². The Morgan fingerprint density at radius 3 is 2.92 bits per heavy atom. The van der Waals surface area contributed by atoms with Crippen molar-refractivity contribution in [1.82, 2.24) is 9.55 Å². The van der Waals surface area contributed by atoms with Gasteiger partial charge in [-0.1, -0.05) is 36.4 Å². The Bertz CT molecular complexity index is 895. The van der Waals surface area contributed by atoms with E-state index >= 15 is 0 Å². The number of carbonyl (C=O) groups is 1. The van der Waals surface area contributed by atoms with Crippen LogP contribution in [0.4, 0.5) is 5.69 Å². The van der Waals surface area contributed by atoms with Crippen LogP contribution in [0, 0.1) is 19.8 Å². The van der Waals surface area contributed by atoms with Crippen molar-refractivity contribution in [2.24, 2.45) is 5.92 Å². The summed E-state index contributed by atoms with van der Waals surface area (Å²) in [7, 11) is 0. The first-order valence-electron chi connectivity index (χ1n) is 8.21. The lowest BCUT2D eigenvalue weighted by atomic mass is 10.1. The fraction of sp³-hybridized carbons (Fsp3) is 0.389. The zero-order valence-electron chi connectivity index (χ0n) is 14.4. The average Bonchev–Trinajstić information content (AvgIpc) is 2.59. The predicted molar refractivity (Wildman–Crippen MR) is 102 cm³/mol. The number of benzene rings is 1. The quantitative estimate of drug-likeness (QED) is 0.832. The summed E-state index contributed by atoms with van der Waals surface area (Å²) >= 11 is 7.57. The Labute approximate surface area is 155 Å². The Morgan fingerprint density at radius 1 is 1.44 bits per heavy atom. The van der Waals surface area contributed by atoms with Crippen LogP contribution in [0.15, 0.2) is 28.2 Å².